The molecule has 0 aliphatic carbocycles. The highest BCUT2D eigenvalue weighted by Crippen LogP contribution is 2.37. The first-order chi connectivity index (χ1) is 10.8. The van der Waals surface area contributed by atoms with Gasteiger partial charge < -0.3 is 19.5 Å². The summed E-state index contributed by atoms with van der Waals surface area (Å²) in [5.41, 5.74) is 0.346. The van der Waals surface area contributed by atoms with Crippen molar-refractivity contribution in [3.63, 3.8) is 0 Å². The number of methoxy groups -OCH3 is 1. The number of amides is 1. The number of halogens is 1. The summed E-state index contributed by atoms with van der Waals surface area (Å²) in [4.78, 5) is 25.1. The second-order valence-corrected chi connectivity index (χ2v) is 5.86. The number of rotatable bonds is 8. The molecule has 0 aromatic heterocycles. The second-order valence-electron chi connectivity index (χ2n) is 5.01. The largest absolute Gasteiger partial charge is 0.493 e. The number of carbonyl (C=O) groups excluding carboxylic acids is 1. The Bertz CT molecular complexity index is 576. The molecule has 0 saturated carbocycles. The fourth-order valence-electron chi connectivity index (χ4n) is 2.09. The molecule has 1 aromatic carbocycles. The monoisotopic (exact) mass is 387 g/mol. The molecule has 0 bridgehead atoms. The second kappa shape index (κ2) is 8.76. The van der Waals surface area contributed by atoms with Gasteiger partial charge in [-0.25, -0.2) is 0 Å². The highest BCUT2D eigenvalue weighted by atomic mass is 79.9. The van der Waals surface area contributed by atoms with E-state index in [0.717, 1.165) is 0 Å². The number of aliphatic carboxylic acids is 1. The van der Waals surface area contributed by atoms with E-state index in [1.807, 2.05) is 20.8 Å². The molecule has 128 valence electrons. The third kappa shape index (κ3) is 4.86. The number of hydrogen-bond donors (Lipinski definition) is 1. The molecule has 6 nitrogen and oxygen atoms in total. The molecule has 0 aliphatic rings. The topological polar surface area (TPSA) is 76.1 Å². The van der Waals surface area contributed by atoms with Crippen LogP contribution in [0.5, 0.6) is 11.5 Å². The summed E-state index contributed by atoms with van der Waals surface area (Å²) in [5, 5.41) is 9.05. The van der Waals surface area contributed by atoms with Crippen molar-refractivity contribution in [2.45, 2.75) is 33.2 Å². The van der Waals surface area contributed by atoms with Gasteiger partial charge in [0.15, 0.2) is 11.5 Å². The lowest BCUT2D eigenvalue weighted by Crippen LogP contribution is -2.41. The quantitative estimate of drug-likeness (QED) is 0.740. The van der Waals surface area contributed by atoms with Crippen LogP contribution < -0.4 is 9.47 Å². The summed E-state index contributed by atoms with van der Waals surface area (Å²) in [5.74, 6) is -0.469. The molecule has 0 radical (unpaired) electrons. The first-order valence-corrected chi connectivity index (χ1v) is 8.18. The maximum absolute atomic E-state index is 12.7. The number of carbonyl (C=O) groups is 2. The van der Waals surface area contributed by atoms with Crippen LogP contribution in [0.25, 0.3) is 0 Å². The van der Waals surface area contributed by atoms with E-state index in [0.29, 0.717) is 34.6 Å². The lowest BCUT2D eigenvalue weighted by atomic mass is 10.1. The van der Waals surface area contributed by atoms with Gasteiger partial charge >= 0.3 is 5.97 Å². The minimum atomic E-state index is -1.05. The number of carboxylic acids is 1. The molecule has 23 heavy (non-hydrogen) atoms. The number of carboxylic acid groups (broad SMARTS) is 1. The van der Waals surface area contributed by atoms with Crippen molar-refractivity contribution < 1.29 is 24.2 Å². The van der Waals surface area contributed by atoms with E-state index in [1.165, 1.54) is 12.0 Å². The third-order valence-corrected chi connectivity index (χ3v) is 4.04. The van der Waals surface area contributed by atoms with E-state index in [9.17, 15) is 9.59 Å². The van der Waals surface area contributed by atoms with E-state index in [2.05, 4.69) is 15.9 Å². The van der Waals surface area contributed by atoms with Crippen LogP contribution >= 0.6 is 15.9 Å². The molecule has 7 heteroatoms. The number of benzene rings is 1. The summed E-state index contributed by atoms with van der Waals surface area (Å²) < 4.78 is 11.4. The molecule has 0 fully saturated rings. The Hall–Kier alpha value is -1.76. The van der Waals surface area contributed by atoms with Crippen LogP contribution in [0.2, 0.25) is 0 Å². The molecule has 1 N–H and O–H groups in total. The van der Waals surface area contributed by atoms with Gasteiger partial charge in [0.25, 0.3) is 5.91 Å². The Balaban J connectivity index is 3.24. The minimum absolute atomic E-state index is 0.185. The van der Waals surface area contributed by atoms with Gasteiger partial charge in [0.1, 0.15) is 6.54 Å². The van der Waals surface area contributed by atoms with Crippen LogP contribution in [-0.4, -0.2) is 48.2 Å². The highest BCUT2D eigenvalue weighted by molar-refractivity contribution is 9.10. The molecule has 0 saturated heterocycles. The fourth-order valence-corrected chi connectivity index (χ4v) is 2.64. The highest BCUT2D eigenvalue weighted by Gasteiger charge is 2.25. The van der Waals surface area contributed by atoms with Gasteiger partial charge in [0, 0.05) is 11.6 Å². The van der Waals surface area contributed by atoms with Crippen molar-refractivity contribution in [1.29, 1.82) is 0 Å². The standard InChI is InChI=1S/C16H22BrNO5/c1-5-10(3)18(9-14(19)20)16(21)11-7-12(17)15(23-6-2)13(8-11)22-4/h7-8,10H,5-6,9H2,1-4H3,(H,19,20). The van der Waals surface area contributed by atoms with Crippen molar-refractivity contribution >= 4 is 27.8 Å². The van der Waals surface area contributed by atoms with Gasteiger partial charge in [0.05, 0.1) is 18.2 Å². The van der Waals surface area contributed by atoms with E-state index in [1.54, 1.807) is 12.1 Å². The maximum atomic E-state index is 12.7. The number of ether oxygens (including phenoxy) is 2. The zero-order chi connectivity index (χ0) is 17.6. The van der Waals surface area contributed by atoms with Gasteiger partial charge in [-0.1, -0.05) is 6.92 Å². The lowest BCUT2D eigenvalue weighted by Gasteiger charge is -2.27. The molecule has 0 spiro atoms. The summed E-state index contributed by atoms with van der Waals surface area (Å²) in [6, 6.07) is 3.00. The van der Waals surface area contributed by atoms with Crippen molar-refractivity contribution in [1.82, 2.24) is 4.90 Å². The van der Waals surface area contributed by atoms with Crippen LogP contribution in [0, 0.1) is 0 Å². The average Bonchev–Trinajstić information content (AvgIpc) is 2.52. The van der Waals surface area contributed by atoms with Crippen LogP contribution in [0.1, 0.15) is 37.6 Å². The number of hydrogen-bond acceptors (Lipinski definition) is 4. The predicted octanol–water partition coefficient (Wildman–Crippen LogP) is 3.18. The van der Waals surface area contributed by atoms with E-state index < -0.39 is 5.97 Å². The third-order valence-electron chi connectivity index (χ3n) is 3.45. The van der Waals surface area contributed by atoms with Crippen molar-refractivity contribution in [2.75, 3.05) is 20.3 Å². The van der Waals surface area contributed by atoms with Crippen LogP contribution in [-0.2, 0) is 4.79 Å². The Morgan fingerprint density at radius 2 is 2.00 bits per heavy atom. The molecule has 0 aliphatic heterocycles. The summed E-state index contributed by atoms with van der Waals surface area (Å²) in [6.45, 7) is 5.69. The molecule has 1 atom stereocenters. The minimum Gasteiger partial charge on any atom is -0.493 e. The van der Waals surface area contributed by atoms with Gasteiger partial charge in [-0.3, -0.25) is 9.59 Å². The zero-order valence-corrected chi connectivity index (χ0v) is 15.3. The Morgan fingerprint density at radius 3 is 2.48 bits per heavy atom. The fraction of sp³-hybridized carbons (Fsp3) is 0.500. The number of nitrogens with zero attached hydrogens (tertiary/aromatic N) is 1. The predicted molar refractivity (Wildman–Crippen MR) is 90.3 cm³/mol. The molecule has 1 amide bonds. The van der Waals surface area contributed by atoms with E-state index in [-0.39, 0.29) is 18.5 Å². The van der Waals surface area contributed by atoms with Gasteiger partial charge in [-0.15, -0.1) is 0 Å². The first kappa shape index (κ1) is 19.3. The van der Waals surface area contributed by atoms with Gasteiger partial charge in [-0.2, -0.15) is 0 Å². The van der Waals surface area contributed by atoms with Crippen molar-refractivity contribution in [2.24, 2.45) is 0 Å². The van der Waals surface area contributed by atoms with Gasteiger partial charge in [-0.05, 0) is 48.3 Å². The SMILES string of the molecule is CCOc1c(Br)cc(C(=O)N(CC(=O)O)C(C)CC)cc1OC. The maximum Gasteiger partial charge on any atom is 0.323 e. The smallest absolute Gasteiger partial charge is 0.323 e. The molecule has 1 unspecified atom stereocenters. The molecule has 0 heterocycles. The van der Waals surface area contributed by atoms with Crippen LogP contribution in [0.15, 0.2) is 16.6 Å². The van der Waals surface area contributed by atoms with E-state index >= 15 is 0 Å². The summed E-state index contributed by atoms with van der Waals surface area (Å²) in [7, 11) is 1.49. The molecule has 1 rings (SSSR count). The van der Waals surface area contributed by atoms with E-state index in [4.69, 9.17) is 14.6 Å². The van der Waals surface area contributed by atoms with Crippen LogP contribution in [0.4, 0.5) is 0 Å². The molecule has 1 aromatic rings. The van der Waals surface area contributed by atoms with Gasteiger partial charge in [0.2, 0.25) is 0 Å². The normalized spacial score (nSPS) is 11.7. The van der Waals surface area contributed by atoms with Crippen molar-refractivity contribution in [3.8, 4) is 11.5 Å². The Kier molecular flexibility index (Phi) is 7.35. The zero-order valence-electron chi connectivity index (χ0n) is 13.8. The Labute approximate surface area is 144 Å². The van der Waals surface area contributed by atoms with Crippen LogP contribution in [0.3, 0.4) is 0 Å². The average molecular weight is 388 g/mol. The lowest BCUT2D eigenvalue weighted by molar-refractivity contribution is -0.138. The molecular weight excluding hydrogens is 366 g/mol. The molecular formula is C16H22BrNO5. The summed E-state index contributed by atoms with van der Waals surface area (Å²) >= 11 is 3.37. The Morgan fingerprint density at radius 1 is 1.35 bits per heavy atom. The first-order valence-electron chi connectivity index (χ1n) is 7.38. The van der Waals surface area contributed by atoms with Crippen molar-refractivity contribution in [3.05, 3.63) is 22.2 Å². The summed E-state index contributed by atoms with van der Waals surface area (Å²) in [6.07, 6.45) is 0.661.